The molecule has 1 aliphatic heterocycles. The van der Waals surface area contributed by atoms with Gasteiger partial charge in [0.15, 0.2) is 0 Å². The Kier molecular flexibility index (Phi) is 9.68. The zero-order valence-corrected chi connectivity index (χ0v) is 12.9. The molecule has 0 radical (unpaired) electrons. The summed E-state index contributed by atoms with van der Waals surface area (Å²) in [7, 11) is -3.67. The van der Waals surface area contributed by atoms with E-state index in [0.717, 1.165) is 5.92 Å². The fourth-order valence-corrected chi connectivity index (χ4v) is 2.23. The van der Waals surface area contributed by atoms with E-state index in [9.17, 15) is 8.42 Å². The van der Waals surface area contributed by atoms with Crippen LogP contribution in [-0.4, -0.2) is 43.8 Å². The molecule has 0 aromatic carbocycles. The van der Waals surface area contributed by atoms with E-state index in [1.54, 1.807) is 0 Å². The first-order chi connectivity index (χ1) is 8.36. The molecule has 0 saturated carbocycles. The van der Waals surface area contributed by atoms with Crippen LogP contribution in [0.3, 0.4) is 0 Å². The van der Waals surface area contributed by atoms with Gasteiger partial charge in [0.2, 0.25) is 0 Å². The summed E-state index contributed by atoms with van der Waals surface area (Å²) < 4.78 is 25.9. The number of hydrogen-bond donors (Lipinski definition) is 1. The molecule has 18 heavy (non-hydrogen) atoms. The molecule has 0 aliphatic carbocycles. The molecule has 1 saturated heterocycles. The predicted molar refractivity (Wildman–Crippen MR) is 76.5 cm³/mol. The molecule has 4 nitrogen and oxygen atoms in total. The largest absolute Gasteiger partial charge is 0.303 e. The van der Waals surface area contributed by atoms with Gasteiger partial charge in [0.1, 0.15) is 0 Å². The van der Waals surface area contributed by atoms with Crippen LogP contribution >= 0.6 is 0 Å². The molecule has 1 fully saturated rings. The van der Waals surface area contributed by atoms with Crippen LogP contribution in [0.15, 0.2) is 0 Å². The van der Waals surface area contributed by atoms with Gasteiger partial charge in [-0.25, -0.2) is 0 Å². The van der Waals surface area contributed by atoms with Gasteiger partial charge in [0, 0.05) is 6.54 Å². The fourth-order valence-electron chi connectivity index (χ4n) is 2.23. The lowest BCUT2D eigenvalue weighted by molar-refractivity contribution is 0.314. The van der Waals surface area contributed by atoms with Crippen molar-refractivity contribution in [2.45, 2.75) is 52.4 Å². The second-order valence-electron chi connectivity index (χ2n) is 5.18. The van der Waals surface area contributed by atoms with Crippen LogP contribution in [0.5, 0.6) is 0 Å². The van der Waals surface area contributed by atoms with Crippen LogP contribution in [0.2, 0.25) is 0 Å². The van der Waals surface area contributed by atoms with Gasteiger partial charge < -0.3 is 4.90 Å². The van der Waals surface area contributed by atoms with E-state index in [2.05, 4.69) is 18.7 Å². The van der Waals surface area contributed by atoms with Crippen molar-refractivity contribution < 1.29 is 13.0 Å². The minimum absolute atomic E-state index is 0.715. The maximum absolute atomic E-state index is 9.19. The van der Waals surface area contributed by atoms with Crippen LogP contribution in [-0.2, 0) is 10.1 Å². The van der Waals surface area contributed by atoms with E-state index < -0.39 is 10.1 Å². The highest BCUT2D eigenvalue weighted by atomic mass is 32.2. The highest BCUT2D eigenvalue weighted by molar-refractivity contribution is 7.85. The Labute approximate surface area is 113 Å². The van der Waals surface area contributed by atoms with Gasteiger partial charge in [0.25, 0.3) is 10.1 Å². The molecule has 1 rings (SSSR count). The van der Waals surface area contributed by atoms with Crippen molar-refractivity contribution in [3.05, 3.63) is 0 Å². The van der Waals surface area contributed by atoms with E-state index in [1.807, 2.05) is 0 Å². The highest BCUT2D eigenvalue weighted by Gasteiger charge is 2.20. The van der Waals surface area contributed by atoms with Crippen molar-refractivity contribution in [2.75, 3.05) is 25.9 Å². The zero-order valence-electron chi connectivity index (χ0n) is 12.1. The predicted octanol–water partition coefficient (Wildman–Crippen LogP) is 2.80. The molecular weight excluding hydrogens is 250 g/mol. The number of hydrogen-bond acceptors (Lipinski definition) is 3. The molecule has 1 unspecified atom stereocenters. The van der Waals surface area contributed by atoms with Crippen LogP contribution < -0.4 is 0 Å². The third-order valence-corrected chi connectivity index (χ3v) is 3.16. The normalized spacial score (nSPS) is 20.6. The maximum atomic E-state index is 9.19. The molecular formula is C13H29NO3S. The van der Waals surface area contributed by atoms with Crippen LogP contribution in [0.1, 0.15) is 52.4 Å². The Morgan fingerprint density at radius 2 is 1.78 bits per heavy atom. The first kappa shape index (κ1) is 17.9. The average molecular weight is 279 g/mol. The minimum atomic E-state index is -3.67. The van der Waals surface area contributed by atoms with Crippen LogP contribution in [0.25, 0.3) is 0 Å². The Balaban J connectivity index is 0.000000494. The lowest BCUT2D eigenvalue weighted by Gasteiger charge is -2.14. The van der Waals surface area contributed by atoms with Crippen molar-refractivity contribution in [3.8, 4) is 0 Å². The first-order valence-electron chi connectivity index (χ1n) is 7.01. The van der Waals surface area contributed by atoms with Crippen molar-refractivity contribution in [2.24, 2.45) is 5.92 Å². The van der Waals surface area contributed by atoms with E-state index in [4.69, 9.17) is 4.55 Å². The topological polar surface area (TPSA) is 57.6 Å². The standard InChI is InChI=1S/C12H25N.CH4O3S/c1-3-5-7-12-8-10-13(11-12)9-6-4-2;1-5(2,3)4/h12H,3-11H2,1-2H3;1H3,(H,2,3,4). The molecule has 0 bridgehead atoms. The SMILES string of the molecule is CCCCC1CCN(CCCC)C1.CS(=O)(=O)O. The number of unbranched alkanes of at least 4 members (excludes halogenated alkanes) is 2. The van der Waals surface area contributed by atoms with E-state index in [0.29, 0.717) is 6.26 Å². The molecule has 0 aromatic rings. The van der Waals surface area contributed by atoms with Gasteiger partial charge in [-0.15, -0.1) is 0 Å². The maximum Gasteiger partial charge on any atom is 0.261 e. The summed E-state index contributed by atoms with van der Waals surface area (Å²) in [6.45, 7) is 8.68. The molecule has 1 aliphatic rings. The van der Waals surface area contributed by atoms with E-state index in [1.165, 1.54) is 58.2 Å². The number of likely N-dealkylation sites (tertiary alicyclic amines) is 1. The summed E-state index contributed by atoms with van der Waals surface area (Å²) in [5.41, 5.74) is 0. The second-order valence-corrected chi connectivity index (χ2v) is 6.65. The van der Waals surface area contributed by atoms with Gasteiger partial charge in [-0.3, -0.25) is 4.55 Å². The summed E-state index contributed by atoms with van der Waals surface area (Å²) in [6.07, 6.45) is 9.18. The van der Waals surface area contributed by atoms with Crippen LogP contribution in [0, 0.1) is 5.92 Å². The molecule has 5 heteroatoms. The fraction of sp³-hybridized carbons (Fsp3) is 1.00. The smallest absolute Gasteiger partial charge is 0.261 e. The summed E-state index contributed by atoms with van der Waals surface area (Å²) in [5, 5.41) is 0. The van der Waals surface area contributed by atoms with Crippen molar-refractivity contribution in [3.63, 3.8) is 0 Å². The van der Waals surface area contributed by atoms with E-state index in [-0.39, 0.29) is 0 Å². The van der Waals surface area contributed by atoms with Gasteiger partial charge in [-0.1, -0.05) is 33.1 Å². The quantitative estimate of drug-likeness (QED) is 0.760. The third kappa shape index (κ3) is 12.3. The summed E-state index contributed by atoms with van der Waals surface area (Å²) >= 11 is 0. The Hall–Kier alpha value is -0.130. The molecule has 0 amide bonds. The monoisotopic (exact) mass is 279 g/mol. The zero-order chi connectivity index (χ0) is 14.0. The lowest BCUT2D eigenvalue weighted by Crippen LogP contribution is -2.21. The molecule has 110 valence electrons. The highest BCUT2D eigenvalue weighted by Crippen LogP contribution is 2.21. The summed E-state index contributed by atoms with van der Waals surface area (Å²) in [6, 6.07) is 0. The van der Waals surface area contributed by atoms with Crippen molar-refractivity contribution in [1.29, 1.82) is 0 Å². The van der Waals surface area contributed by atoms with Gasteiger partial charge in [0.05, 0.1) is 6.26 Å². The minimum Gasteiger partial charge on any atom is -0.303 e. The Bertz CT molecular complexity index is 269. The third-order valence-electron chi connectivity index (χ3n) is 3.16. The van der Waals surface area contributed by atoms with E-state index >= 15 is 0 Å². The molecule has 1 atom stereocenters. The number of rotatable bonds is 6. The molecule has 0 aromatic heterocycles. The summed E-state index contributed by atoms with van der Waals surface area (Å²) in [5.74, 6) is 1.02. The number of nitrogens with zero attached hydrogens (tertiary/aromatic N) is 1. The van der Waals surface area contributed by atoms with Gasteiger partial charge in [-0.05, 0) is 38.3 Å². The molecule has 1 heterocycles. The average Bonchev–Trinajstić information content (AvgIpc) is 2.69. The second kappa shape index (κ2) is 9.75. The van der Waals surface area contributed by atoms with Gasteiger partial charge in [-0.2, -0.15) is 8.42 Å². The van der Waals surface area contributed by atoms with Crippen molar-refractivity contribution >= 4 is 10.1 Å². The first-order valence-corrected chi connectivity index (χ1v) is 8.86. The Morgan fingerprint density at radius 3 is 2.28 bits per heavy atom. The summed E-state index contributed by atoms with van der Waals surface area (Å²) in [4.78, 5) is 2.66. The molecule has 0 spiro atoms. The lowest BCUT2D eigenvalue weighted by atomic mass is 10.0. The van der Waals surface area contributed by atoms with Crippen molar-refractivity contribution in [1.82, 2.24) is 4.90 Å². The van der Waals surface area contributed by atoms with Crippen LogP contribution in [0.4, 0.5) is 0 Å². The Morgan fingerprint density at radius 1 is 1.22 bits per heavy atom. The molecule has 1 N–H and O–H groups in total. The van der Waals surface area contributed by atoms with Gasteiger partial charge >= 0.3 is 0 Å².